The number of hydrogen-bond acceptors (Lipinski definition) is 5. The number of nitrogens with one attached hydrogen (secondary N) is 1. The standard InChI is InChI=1S/C27H32FN5O/c1-32(19-21-7-3-2-4-8-21)15-6-14-29-26(34)23-9-5-16-33(20-23)27-30-17-24(18-31-27)22-10-12-25(28)13-11-22/h2-4,7-8,10-13,17-18,23H,5-6,9,14-16,19-20H2,1H3,(H,29,34)/t23-/m1/s1. The summed E-state index contributed by atoms with van der Waals surface area (Å²) in [4.78, 5) is 26.1. The molecule has 3 aromatic rings. The van der Waals surface area contributed by atoms with Crippen molar-refractivity contribution in [3.63, 3.8) is 0 Å². The molecule has 0 aliphatic carbocycles. The van der Waals surface area contributed by atoms with Crippen LogP contribution in [-0.4, -0.2) is 54.0 Å². The van der Waals surface area contributed by atoms with Crippen molar-refractivity contribution < 1.29 is 9.18 Å². The number of amides is 1. The Kier molecular flexibility index (Phi) is 8.20. The normalized spacial score (nSPS) is 16.0. The summed E-state index contributed by atoms with van der Waals surface area (Å²) in [6.07, 6.45) is 6.24. The molecule has 4 rings (SSSR count). The van der Waals surface area contributed by atoms with Crippen LogP contribution in [0, 0.1) is 11.7 Å². The SMILES string of the molecule is CN(CCCNC(=O)[C@@H]1CCCN(c2ncc(-c3ccc(F)cc3)cn2)C1)Cc1ccccc1. The van der Waals surface area contributed by atoms with E-state index in [1.54, 1.807) is 24.5 Å². The first-order chi connectivity index (χ1) is 16.6. The highest BCUT2D eigenvalue weighted by molar-refractivity contribution is 5.79. The maximum atomic E-state index is 13.2. The number of piperidine rings is 1. The van der Waals surface area contributed by atoms with E-state index in [4.69, 9.17) is 0 Å². The number of nitrogens with zero attached hydrogens (tertiary/aromatic N) is 4. The third kappa shape index (κ3) is 6.60. The van der Waals surface area contributed by atoms with E-state index in [9.17, 15) is 9.18 Å². The van der Waals surface area contributed by atoms with E-state index in [0.717, 1.165) is 50.0 Å². The van der Waals surface area contributed by atoms with Crippen LogP contribution in [0.5, 0.6) is 0 Å². The van der Waals surface area contributed by atoms with Crippen LogP contribution in [0.15, 0.2) is 67.0 Å². The van der Waals surface area contributed by atoms with Gasteiger partial charge in [-0.25, -0.2) is 14.4 Å². The van der Waals surface area contributed by atoms with Crippen molar-refractivity contribution in [2.24, 2.45) is 5.92 Å². The van der Waals surface area contributed by atoms with E-state index < -0.39 is 0 Å². The summed E-state index contributed by atoms with van der Waals surface area (Å²) < 4.78 is 13.2. The number of carbonyl (C=O) groups is 1. The maximum absolute atomic E-state index is 13.2. The Morgan fingerprint density at radius 1 is 1.09 bits per heavy atom. The molecule has 0 radical (unpaired) electrons. The van der Waals surface area contributed by atoms with Gasteiger partial charge in [-0.15, -0.1) is 0 Å². The highest BCUT2D eigenvalue weighted by Gasteiger charge is 2.27. The van der Waals surface area contributed by atoms with Gasteiger partial charge in [-0.05, 0) is 56.1 Å². The van der Waals surface area contributed by atoms with Crippen molar-refractivity contribution in [3.05, 3.63) is 78.4 Å². The van der Waals surface area contributed by atoms with Crippen LogP contribution >= 0.6 is 0 Å². The molecular formula is C27H32FN5O. The lowest BCUT2D eigenvalue weighted by atomic mass is 9.97. The Balaban J connectivity index is 1.22. The molecule has 1 saturated heterocycles. The smallest absolute Gasteiger partial charge is 0.225 e. The number of halogens is 1. The molecule has 1 aromatic heterocycles. The molecule has 0 bridgehead atoms. The first kappa shape index (κ1) is 23.8. The maximum Gasteiger partial charge on any atom is 0.225 e. The number of anilines is 1. The van der Waals surface area contributed by atoms with E-state index in [1.165, 1.54) is 17.7 Å². The Morgan fingerprint density at radius 3 is 2.56 bits per heavy atom. The summed E-state index contributed by atoms with van der Waals surface area (Å²) in [5.74, 6) is 0.415. The minimum Gasteiger partial charge on any atom is -0.356 e. The monoisotopic (exact) mass is 461 g/mol. The summed E-state index contributed by atoms with van der Waals surface area (Å²) in [6, 6.07) is 16.7. The topological polar surface area (TPSA) is 61.4 Å². The molecule has 34 heavy (non-hydrogen) atoms. The van der Waals surface area contributed by atoms with Crippen molar-refractivity contribution in [1.82, 2.24) is 20.2 Å². The lowest BCUT2D eigenvalue weighted by molar-refractivity contribution is -0.125. The lowest BCUT2D eigenvalue weighted by Gasteiger charge is -2.32. The highest BCUT2D eigenvalue weighted by atomic mass is 19.1. The Hall–Kier alpha value is -3.32. The second-order valence-electron chi connectivity index (χ2n) is 8.93. The lowest BCUT2D eigenvalue weighted by Crippen LogP contribution is -2.44. The van der Waals surface area contributed by atoms with Crippen molar-refractivity contribution in [2.45, 2.75) is 25.8 Å². The number of carbonyl (C=O) groups excluding carboxylic acids is 1. The second kappa shape index (κ2) is 11.7. The van der Waals surface area contributed by atoms with Crippen molar-refractivity contribution >= 4 is 11.9 Å². The second-order valence-corrected chi connectivity index (χ2v) is 8.93. The van der Waals surface area contributed by atoms with E-state index in [1.807, 2.05) is 6.07 Å². The average Bonchev–Trinajstić information content (AvgIpc) is 2.88. The zero-order valence-corrected chi connectivity index (χ0v) is 19.7. The van der Waals surface area contributed by atoms with E-state index in [2.05, 4.69) is 56.4 Å². The summed E-state index contributed by atoms with van der Waals surface area (Å²) in [5, 5.41) is 3.12. The molecule has 6 nitrogen and oxygen atoms in total. The third-order valence-corrected chi connectivity index (χ3v) is 6.20. The molecule has 7 heteroatoms. The molecule has 2 aromatic carbocycles. The van der Waals surface area contributed by atoms with Crippen LogP contribution in [0.1, 0.15) is 24.8 Å². The van der Waals surface area contributed by atoms with Gasteiger partial charge >= 0.3 is 0 Å². The van der Waals surface area contributed by atoms with Crippen molar-refractivity contribution in [2.75, 3.05) is 38.1 Å². The number of benzene rings is 2. The Labute approximate surface area is 200 Å². The third-order valence-electron chi connectivity index (χ3n) is 6.20. The van der Waals surface area contributed by atoms with Crippen LogP contribution in [-0.2, 0) is 11.3 Å². The first-order valence-corrected chi connectivity index (χ1v) is 11.9. The molecule has 1 N–H and O–H groups in total. The molecular weight excluding hydrogens is 429 g/mol. The van der Waals surface area contributed by atoms with Gasteiger partial charge in [0.05, 0.1) is 5.92 Å². The van der Waals surface area contributed by atoms with Gasteiger partial charge in [0.2, 0.25) is 11.9 Å². The van der Waals surface area contributed by atoms with E-state index >= 15 is 0 Å². The van der Waals surface area contributed by atoms with Gasteiger partial charge in [-0.2, -0.15) is 0 Å². The zero-order valence-electron chi connectivity index (χ0n) is 19.7. The van der Waals surface area contributed by atoms with Gasteiger partial charge in [0.25, 0.3) is 0 Å². The molecule has 0 saturated carbocycles. The molecule has 1 atom stereocenters. The quantitative estimate of drug-likeness (QED) is 0.486. The summed E-state index contributed by atoms with van der Waals surface area (Å²) in [7, 11) is 2.11. The zero-order chi connectivity index (χ0) is 23.8. The summed E-state index contributed by atoms with van der Waals surface area (Å²) in [5.41, 5.74) is 3.01. The van der Waals surface area contributed by atoms with Gasteiger partial charge in [-0.3, -0.25) is 4.79 Å². The van der Waals surface area contributed by atoms with Gasteiger partial charge in [0, 0.05) is 44.1 Å². The van der Waals surface area contributed by atoms with Gasteiger partial charge < -0.3 is 15.1 Å². The summed E-state index contributed by atoms with van der Waals surface area (Å²) >= 11 is 0. The van der Waals surface area contributed by atoms with Gasteiger partial charge in [0.15, 0.2) is 0 Å². The molecule has 0 spiro atoms. The predicted octanol–water partition coefficient (Wildman–Crippen LogP) is 4.14. The minimum absolute atomic E-state index is 0.0591. The Morgan fingerprint density at radius 2 is 1.82 bits per heavy atom. The van der Waals surface area contributed by atoms with Crippen molar-refractivity contribution in [3.8, 4) is 11.1 Å². The molecule has 1 fully saturated rings. The molecule has 2 heterocycles. The first-order valence-electron chi connectivity index (χ1n) is 11.9. The molecule has 1 aliphatic heterocycles. The predicted molar refractivity (Wildman–Crippen MR) is 133 cm³/mol. The fourth-order valence-electron chi connectivity index (χ4n) is 4.33. The van der Waals surface area contributed by atoms with Crippen LogP contribution < -0.4 is 10.2 Å². The molecule has 0 unspecified atom stereocenters. The molecule has 1 amide bonds. The van der Waals surface area contributed by atoms with E-state index in [-0.39, 0.29) is 17.6 Å². The van der Waals surface area contributed by atoms with Crippen LogP contribution in [0.25, 0.3) is 11.1 Å². The highest BCUT2D eigenvalue weighted by Crippen LogP contribution is 2.23. The minimum atomic E-state index is -0.266. The molecule has 1 aliphatic rings. The number of aromatic nitrogens is 2. The van der Waals surface area contributed by atoms with Gasteiger partial charge in [-0.1, -0.05) is 42.5 Å². The number of hydrogen-bond donors (Lipinski definition) is 1. The average molecular weight is 462 g/mol. The van der Waals surface area contributed by atoms with E-state index in [0.29, 0.717) is 19.0 Å². The van der Waals surface area contributed by atoms with Gasteiger partial charge in [0.1, 0.15) is 5.82 Å². The molecule has 178 valence electrons. The van der Waals surface area contributed by atoms with Crippen LogP contribution in [0.3, 0.4) is 0 Å². The van der Waals surface area contributed by atoms with Crippen LogP contribution in [0.4, 0.5) is 10.3 Å². The fraction of sp³-hybridized carbons (Fsp3) is 0.370. The largest absolute Gasteiger partial charge is 0.356 e. The van der Waals surface area contributed by atoms with Crippen LogP contribution in [0.2, 0.25) is 0 Å². The van der Waals surface area contributed by atoms with Crippen molar-refractivity contribution in [1.29, 1.82) is 0 Å². The summed E-state index contributed by atoms with van der Waals surface area (Å²) in [6.45, 7) is 3.98. The fourth-order valence-corrected chi connectivity index (χ4v) is 4.33. The number of rotatable bonds is 9. The Bertz CT molecular complexity index is 1040.